The standard InChI is InChI=1S/C22H35N3S/c1-3-18-10-8-9-13-21(18)23-22(26)25-16-14-20(15-17-25)24(2)19-11-6-4-5-7-12-19/h8-10,13,19-20H,3-7,11-12,14-17H2,1-2H3,(H,23,26)/p+1. The summed E-state index contributed by atoms with van der Waals surface area (Å²) in [4.78, 5) is 4.17. The third-order valence-electron chi connectivity index (χ3n) is 6.57. The molecule has 2 fully saturated rings. The number of rotatable bonds is 4. The van der Waals surface area contributed by atoms with Crippen molar-refractivity contribution in [3.05, 3.63) is 29.8 Å². The van der Waals surface area contributed by atoms with Crippen molar-refractivity contribution < 1.29 is 4.90 Å². The van der Waals surface area contributed by atoms with E-state index in [1.807, 2.05) is 0 Å². The van der Waals surface area contributed by atoms with Crippen molar-refractivity contribution in [2.45, 2.75) is 76.8 Å². The first-order valence-corrected chi connectivity index (χ1v) is 11.1. The minimum Gasteiger partial charge on any atom is -0.349 e. The quantitative estimate of drug-likeness (QED) is 0.620. The van der Waals surface area contributed by atoms with Gasteiger partial charge in [0.05, 0.1) is 19.1 Å². The molecule has 1 heterocycles. The molecule has 3 nitrogen and oxygen atoms in total. The maximum atomic E-state index is 5.72. The van der Waals surface area contributed by atoms with Crippen LogP contribution in [0.2, 0.25) is 0 Å². The number of para-hydroxylation sites is 1. The highest BCUT2D eigenvalue weighted by Gasteiger charge is 2.31. The van der Waals surface area contributed by atoms with Gasteiger partial charge in [-0.05, 0) is 56.0 Å². The summed E-state index contributed by atoms with van der Waals surface area (Å²) in [7, 11) is 2.45. The zero-order chi connectivity index (χ0) is 18.4. The van der Waals surface area contributed by atoms with Crippen LogP contribution in [0.25, 0.3) is 0 Å². The van der Waals surface area contributed by atoms with Gasteiger partial charge in [-0.3, -0.25) is 0 Å². The largest absolute Gasteiger partial charge is 0.349 e. The molecule has 0 amide bonds. The second-order valence-electron chi connectivity index (χ2n) is 8.13. The van der Waals surface area contributed by atoms with E-state index >= 15 is 0 Å². The molecule has 1 aliphatic heterocycles. The van der Waals surface area contributed by atoms with Crippen LogP contribution in [0.3, 0.4) is 0 Å². The van der Waals surface area contributed by atoms with E-state index in [1.54, 1.807) is 4.90 Å². The summed E-state index contributed by atoms with van der Waals surface area (Å²) in [5.74, 6) is 0. The highest BCUT2D eigenvalue weighted by atomic mass is 32.1. The van der Waals surface area contributed by atoms with E-state index in [4.69, 9.17) is 12.2 Å². The molecule has 0 spiro atoms. The summed E-state index contributed by atoms with van der Waals surface area (Å²) >= 11 is 5.72. The van der Waals surface area contributed by atoms with Crippen LogP contribution >= 0.6 is 12.2 Å². The van der Waals surface area contributed by atoms with E-state index < -0.39 is 0 Å². The molecule has 26 heavy (non-hydrogen) atoms. The Balaban J connectivity index is 1.50. The number of likely N-dealkylation sites (tertiary alicyclic amines) is 1. The van der Waals surface area contributed by atoms with Gasteiger partial charge >= 0.3 is 0 Å². The molecule has 2 N–H and O–H groups in total. The Labute approximate surface area is 165 Å². The molecule has 3 rings (SSSR count). The Morgan fingerprint density at radius 1 is 1.04 bits per heavy atom. The van der Waals surface area contributed by atoms with Gasteiger partial charge in [0.25, 0.3) is 0 Å². The van der Waals surface area contributed by atoms with Crippen molar-refractivity contribution in [1.82, 2.24) is 4.90 Å². The lowest BCUT2D eigenvalue weighted by atomic mass is 9.99. The van der Waals surface area contributed by atoms with Crippen molar-refractivity contribution in [1.29, 1.82) is 0 Å². The van der Waals surface area contributed by atoms with Gasteiger partial charge in [0.2, 0.25) is 0 Å². The molecule has 0 aromatic heterocycles. The first-order chi connectivity index (χ1) is 12.7. The molecule has 144 valence electrons. The monoisotopic (exact) mass is 374 g/mol. The highest BCUT2D eigenvalue weighted by Crippen LogP contribution is 2.19. The molecule has 1 aliphatic carbocycles. The smallest absolute Gasteiger partial charge is 0.173 e. The molecule has 1 atom stereocenters. The van der Waals surface area contributed by atoms with Gasteiger partial charge in [0.15, 0.2) is 5.11 Å². The number of thiocarbonyl (C=S) groups is 1. The number of hydrogen-bond acceptors (Lipinski definition) is 1. The molecule has 1 unspecified atom stereocenters. The summed E-state index contributed by atoms with van der Waals surface area (Å²) in [5.41, 5.74) is 2.51. The second kappa shape index (κ2) is 9.70. The lowest BCUT2D eigenvalue weighted by Gasteiger charge is -2.38. The van der Waals surface area contributed by atoms with Crippen molar-refractivity contribution >= 4 is 23.0 Å². The van der Waals surface area contributed by atoms with Crippen LogP contribution in [0.4, 0.5) is 5.69 Å². The van der Waals surface area contributed by atoms with Crippen molar-refractivity contribution in [2.24, 2.45) is 0 Å². The number of nitrogens with one attached hydrogen (secondary N) is 2. The van der Waals surface area contributed by atoms with Crippen molar-refractivity contribution in [3.8, 4) is 0 Å². The predicted octanol–water partition coefficient (Wildman–Crippen LogP) is 3.65. The number of hydrogen-bond donors (Lipinski definition) is 2. The first kappa shape index (κ1) is 19.6. The van der Waals surface area contributed by atoms with Gasteiger partial charge in [0, 0.05) is 31.6 Å². The van der Waals surface area contributed by atoms with Crippen LogP contribution < -0.4 is 10.2 Å². The third kappa shape index (κ3) is 4.98. The Morgan fingerprint density at radius 2 is 1.65 bits per heavy atom. The maximum Gasteiger partial charge on any atom is 0.173 e. The number of anilines is 1. The van der Waals surface area contributed by atoms with E-state index in [2.05, 4.69) is 48.5 Å². The van der Waals surface area contributed by atoms with Gasteiger partial charge in [-0.2, -0.15) is 0 Å². The molecule has 1 saturated carbocycles. The van der Waals surface area contributed by atoms with E-state index in [1.165, 1.54) is 62.6 Å². The number of benzene rings is 1. The first-order valence-electron chi connectivity index (χ1n) is 10.7. The lowest BCUT2D eigenvalue weighted by molar-refractivity contribution is -0.933. The predicted molar refractivity (Wildman–Crippen MR) is 115 cm³/mol. The Morgan fingerprint density at radius 3 is 2.31 bits per heavy atom. The van der Waals surface area contributed by atoms with Crippen molar-refractivity contribution in [2.75, 3.05) is 25.5 Å². The van der Waals surface area contributed by atoms with Crippen LogP contribution in [0.1, 0.15) is 63.9 Å². The average molecular weight is 375 g/mol. The molecule has 0 radical (unpaired) electrons. The highest BCUT2D eigenvalue weighted by molar-refractivity contribution is 7.80. The molecule has 1 aromatic rings. The van der Waals surface area contributed by atoms with Gasteiger partial charge in [-0.15, -0.1) is 0 Å². The summed E-state index contributed by atoms with van der Waals surface area (Å²) in [6, 6.07) is 10.2. The zero-order valence-corrected chi connectivity index (χ0v) is 17.4. The summed E-state index contributed by atoms with van der Waals surface area (Å²) in [5, 5.41) is 4.40. The topological polar surface area (TPSA) is 19.7 Å². The number of piperidine rings is 1. The number of nitrogens with zero attached hydrogens (tertiary/aromatic N) is 1. The van der Waals surface area contributed by atoms with E-state index in [-0.39, 0.29) is 0 Å². The van der Waals surface area contributed by atoms with Gasteiger partial charge in [0.1, 0.15) is 0 Å². The fourth-order valence-electron chi connectivity index (χ4n) is 4.75. The summed E-state index contributed by atoms with van der Waals surface area (Å²) < 4.78 is 0. The third-order valence-corrected chi connectivity index (χ3v) is 6.93. The van der Waals surface area contributed by atoms with Crippen LogP contribution in [-0.2, 0) is 6.42 Å². The summed E-state index contributed by atoms with van der Waals surface area (Å²) in [6.07, 6.45) is 12.2. The SMILES string of the molecule is CCc1ccccc1NC(=S)N1CCC([NH+](C)C2CCCCCC2)CC1. The van der Waals surface area contributed by atoms with Gasteiger partial charge in [-0.25, -0.2) is 0 Å². The second-order valence-corrected chi connectivity index (χ2v) is 8.52. The average Bonchev–Trinajstić information content (AvgIpc) is 2.97. The van der Waals surface area contributed by atoms with E-state index in [9.17, 15) is 0 Å². The van der Waals surface area contributed by atoms with Crippen LogP contribution in [0, 0.1) is 0 Å². The molecule has 0 bridgehead atoms. The molecular weight excluding hydrogens is 338 g/mol. The van der Waals surface area contributed by atoms with Crippen LogP contribution in [-0.4, -0.2) is 42.2 Å². The number of quaternary nitrogens is 1. The minimum absolute atomic E-state index is 0.806. The van der Waals surface area contributed by atoms with Gasteiger partial charge in [-0.1, -0.05) is 38.0 Å². The normalized spacial score (nSPS) is 21.2. The molecule has 1 saturated heterocycles. The van der Waals surface area contributed by atoms with E-state index in [0.29, 0.717) is 0 Å². The fraction of sp³-hybridized carbons (Fsp3) is 0.682. The molecule has 2 aliphatic rings. The Kier molecular flexibility index (Phi) is 7.32. The molecule has 4 heteroatoms. The zero-order valence-electron chi connectivity index (χ0n) is 16.6. The van der Waals surface area contributed by atoms with Crippen LogP contribution in [0.5, 0.6) is 0 Å². The Hall–Kier alpha value is -1.13. The summed E-state index contributed by atoms with van der Waals surface area (Å²) in [6.45, 7) is 4.38. The number of aryl methyl sites for hydroxylation is 1. The molecular formula is C22H36N3S+. The lowest BCUT2D eigenvalue weighted by Crippen LogP contribution is -3.17. The Bertz CT molecular complexity index is 573. The maximum absolute atomic E-state index is 5.72. The minimum atomic E-state index is 0.806. The van der Waals surface area contributed by atoms with Crippen molar-refractivity contribution in [3.63, 3.8) is 0 Å². The van der Waals surface area contributed by atoms with Gasteiger partial charge < -0.3 is 15.1 Å². The van der Waals surface area contributed by atoms with Crippen LogP contribution in [0.15, 0.2) is 24.3 Å². The fourth-order valence-corrected chi connectivity index (χ4v) is 5.04. The molecule has 1 aromatic carbocycles. The van der Waals surface area contributed by atoms with E-state index in [0.717, 1.165) is 36.7 Å².